The Balaban J connectivity index is 2.34. The zero-order valence-electron chi connectivity index (χ0n) is 16.6. The number of hydrogen-bond acceptors (Lipinski definition) is 5. The van der Waals surface area contributed by atoms with Crippen LogP contribution in [0, 0.1) is 0 Å². The lowest BCUT2D eigenvalue weighted by Gasteiger charge is -2.16. The highest BCUT2D eigenvalue weighted by molar-refractivity contribution is 5.66. The van der Waals surface area contributed by atoms with Gasteiger partial charge in [0.2, 0.25) is 0 Å². The predicted molar refractivity (Wildman–Crippen MR) is 109 cm³/mol. The molecule has 1 aliphatic heterocycles. The van der Waals surface area contributed by atoms with Crippen LogP contribution in [0.1, 0.15) is 51.9 Å². The summed E-state index contributed by atoms with van der Waals surface area (Å²) in [5.74, 6) is -0.854. The molecule has 1 saturated heterocycles. The Morgan fingerprint density at radius 2 is 1.82 bits per heavy atom. The fourth-order valence-corrected chi connectivity index (χ4v) is 2.84. The average Bonchev–Trinajstić information content (AvgIpc) is 3.03. The van der Waals surface area contributed by atoms with Gasteiger partial charge in [-0.2, -0.15) is 0 Å². The smallest absolute Gasteiger partial charge is 0.303 e. The second kappa shape index (κ2) is 14.3. The summed E-state index contributed by atoms with van der Waals surface area (Å²) in [6.07, 6.45) is 15.1. The third-order valence-corrected chi connectivity index (χ3v) is 4.42. The van der Waals surface area contributed by atoms with E-state index in [1.165, 1.54) is 0 Å². The van der Waals surface area contributed by atoms with Gasteiger partial charge in [0.05, 0.1) is 24.4 Å². The van der Waals surface area contributed by atoms with Gasteiger partial charge in [0.1, 0.15) is 6.10 Å². The van der Waals surface area contributed by atoms with Crippen LogP contribution in [0.25, 0.3) is 0 Å². The third-order valence-electron chi connectivity index (χ3n) is 4.42. The van der Waals surface area contributed by atoms with Gasteiger partial charge >= 0.3 is 5.97 Å². The maximum atomic E-state index is 10.4. The van der Waals surface area contributed by atoms with Gasteiger partial charge < -0.3 is 25.2 Å². The second-order valence-corrected chi connectivity index (χ2v) is 6.92. The van der Waals surface area contributed by atoms with Crippen LogP contribution in [0.2, 0.25) is 0 Å². The number of aliphatic carboxylic acids is 1. The molecule has 1 aliphatic rings. The van der Waals surface area contributed by atoms with Gasteiger partial charge in [-0.3, -0.25) is 4.79 Å². The van der Waals surface area contributed by atoms with E-state index in [0.717, 1.165) is 12.8 Å². The maximum absolute atomic E-state index is 10.4. The van der Waals surface area contributed by atoms with E-state index in [4.69, 9.17) is 9.84 Å². The van der Waals surface area contributed by atoms with Crippen LogP contribution in [0.4, 0.5) is 0 Å². The van der Waals surface area contributed by atoms with Gasteiger partial charge in [-0.05, 0) is 32.1 Å². The van der Waals surface area contributed by atoms with Crippen molar-refractivity contribution in [1.29, 1.82) is 0 Å². The van der Waals surface area contributed by atoms with Gasteiger partial charge in [-0.15, -0.1) is 0 Å². The number of aliphatic hydroxyl groups is 3. The number of ether oxygens (including phenoxy) is 1. The fourth-order valence-electron chi connectivity index (χ4n) is 2.84. The zero-order valence-corrected chi connectivity index (χ0v) is 16.6. The molecule has 0 saturated carbocycles. The first-order valence-corrected chi connectivity index (χ1v) is 9.98. The van der Waals surface area contributed by atoms with E-state index >= 15 is 0 Å². The Kier molecular flexibility index (Phi) is 12.4. The Labute approximate surface area is 167 Å². The Bertz CT molecular complexity index is 551. The van der Waals surface area contributed by atoms with Gasteiger partial charge in [0.25, 0.3) is 0 Å². The Morgan fingerprint density at radius 1 is 1.11 bits per heavy atom. The van der Waals surface area contributed by atoms with Crippen LogP contribution in [0.5, 0.6) is 0 Å². The van der Waals surface area contributed by atoms with E-state index < -0.39 is 36.5 Å². The van der Waals surface area contributed by atoms with Crippen molar-refractivity contribution in [3.05, 3.63) is 48.6 Å². The lowest BCUT2D eigenvalue weighted by molar-refractivity contribution is -0.136. The van der Waals surface area contributed by atoms with Crippen molar-refractivity contribution in [2.75, 3.05) is 0 Å². The summed E-state index contributed by atoms with van der Waals surface area (Å²) in [6, 6.07) is 0. The van der Waals surface area contributed by atoms with E-state index in [9.17, 15) is 20.1 Å². The van der Waals surface area contributed by atoms with Crippen molar-refractivity contribution in [2.45, 2.75) is 82.4 Å². The molecule has 0 aromatic carbocycles. The molecule has 4 N–H and O–H groups in total. The summed E-state index contributed by atoms with van der Waals surface area (Å²) in [7, 11) is 0. The molecule has 1 fully saturated rings. The number of allylic oxidation sites excluding steroid dienone is 4. The first-order chi connectivity index (χ1) is 13.4. The van der Waals surface area contributed by atoms with Gasteiger partial charge in [-0.25, -0.2) is 0 Å². The molecular formula is C22H34O6. The lowest BCUT2D eigenvalue weighted by atomic mass is 10.0. The van der Waals surface area contributed by atoms with Crippen molar-refractivity contribution in [2.24, 2.45) is 0 Å². The molecule has 0 amide bonds. The number of aliphatic hydroxyl groups excluding tert-OH is 3. The number of carbonyl (C=O) groups is 1. The maximum Gasteiger partial charge on any atom is 0.303 e. The van der Waals surface area contributed by atoms with Gasteiger partial charge in [0.15, 0.2) is 0 Å². The topological polar surface area (TPSA) is 107 Å². The van der Waals surface area contributed by atoms with Crippen LogP contribution in [-0.4, -0.2) is 56.9 Å². The molecular weight excluding hydrogens is 360 g/mol. The van der Waals surface area contributed by atoms with Crippen molar-refractivity contribution in [3.8, 4) is 0 Å². The molecule has 6 nitrogen and oxygen atoms in total. The van der Waals surface area contributed by atoms with E-state index in [1.807, 2.05) is 12.2 Å². The van der Waals surface area contributed by atoms with Crippen LogP contribution in [0.3, 0.4) is 0 Å². The minimum Gasteiger partial charge on any atom is -0.481 e. The van der Waals surface area contributed by atoms with E-state index in [0.29, 0.717) is 25.7 Å². The summed E-state index contributed by atoms with van der Waals surface area (Å²) in [5.41, 5.74) is 0. The number of carboxylic acids is 1. The van der Waals surface area contributed by atoms with Gasteiger partial charge in [0, 0.05) is 12.8 Å². The zero-order chi connectivity index (χ0) is 20.8. The molecule has 0 radical (unpaired) electrons. The molecule has 28 heavy (non-hydrogen) atoms. The minimum atomic E-state index is -0.854. The highest BCUT2D eigenvalue weighted by Gasteiger charge is 2.35. The first-order valence-electron chi connectivity index (χ1n) is 9.98. The quantitative estimate of drug-likeness (QED) is 0.358. The van der Waals surface area contributed by atoms with Crippen LogP contribution in [-0.2, 0) is 9.53 Å². The predicted octanol–water partition coefficient (Wildman–Crippen LogP) is 2.90. The van der Waals surface area contributed by atoms with Crippen LogP contribution < -0.4 is 0 Å². The third kappa shape index (κ3) is 10.6. The van der Waals surface area contributed by atoms with Crippen LogP contribution in [0.15, 0.2) is 48.6 Å². The largest absolute Gasteiger partial charge is 0.481 e. The molecule has 0 aromatic rings. The van der Waals surface area contributed by atoms with E-state index in [-0.39, 0.29) is 6.42 Å². The van der Waals surface area contributed by atoms with Crippen molar-refractivity contribution >= 4 is 5.97 Å². The average molecular weight is 395 g/mol. The Morgan fingerprint density at radius 3 is 2.54 bits per heavy atom. The monoisotopic (exact) mass is 394 g/mol. The first kappa shape index (κ1) is 24.3. The molecule has 0 aromatic heterocycles. The molecule has 0 bridgehead atoms. The highest BCUT2D eigenvalue weighted by Crippen LogP contribution is 2.25. The van der Waals surface area contributed by atoms with Crippen molar-refractivity contribution in [3.63, 3.8) is 0 Å². The summed E-state index contributed by atoms with van der Waals surface area (Å²) in [5, 5.41) is 38.9. The SMILES string of the molecule is CC/C=C\C/C=C\C[C@H](O)/C=C/[C@@H]1O[C@@H]([C@@H](O)C/C=C\CCC(=O)O)C[C@@H]1O. The molecule has 158 valence electrons. The summed E-state index contributed by atoms with van der Waals surface area (Å²) < 4.78 is 5.70. The molecule has 6 heteroatoms. The molecule has 5 atom stereocenters. The standard InChI is InChI=1S/C22H34O6/c1-2-3-4-5-6-8-11-17(23)14-15-20-19(25)16-21(28-20)18(24)12-9-7-10-13-22(26)27/h3-4,6-9,14-15,17-21,23-25H,2,5,10-13,16H2,1H3,(H,26,27)/b4-3-,8-6-,9-7-,15-14+/t17-,18-,19-,20-,21+/m0/s1. The van der Waals surface area contributed by atoms with E-state index in [2.05, 4.69) is 19.1 Å². The van der Waals surface area contributed by atoms with E-state index in [1.54, 1.807) is 24.3 Å². The number of carboxylic acid groups (broad SMARTS) is 1. The minimum absolute atomic E-state index is 0.0606. The van der Waals surface area contributed by atoms with Crippen molar-refractivity contribution < 1.29 is 30.0 Å². The summed E-state index contributed by atoms with van der Waals surface area (Å²) in [6.45, 7) is 2.08. The summed E-state index contributed by atoms with van der Waals surface area (Å²) >= 11 is 0. The summed E-state index contributed by atoms with van der Waals surface area (Å²) in [4.78, 5) is 10.4. The molecule has 0 aliphatic carbocycles. The highest BCUT2D eigenvalue weighted by atomic mass is 16.5. The number of rotatable bonds is 13. The second-order valence-electron chi connectivity index (χ2n) is 6.92. The van der Waals surface area contributed by atoms with Crippen LogP contribution >= 0.6 is 0 Å². The number of hydrogen-bond donors (Lipinski definition) is 4. The molecule has 0 unspecified atom stereocenters. The fraction of sp³-hybridized carbons (Fsp3) is 0.591. The normalized spacial score (nSPS) is 25.5. The Hall–Kier alpha value is -1.73. The molecule has 1 heterocycles. The van der Waals surface area contributed by atoms with Gasteiger partial charge in [-0.1, -0.05) is 55.5 Å². The molecule has 0 spiro atoms. The van der Waals surface area contributed by atoms with Crippen molar-refractivity contribution in [1.82, 2.24) is 0 Å². The molecule has 1 rings (SSSR count). The lowest BCUT2D eigenvalue weighted by Crippen LogP contribution is -2.25.